The molecule has 0 radical (unpaired) electrons. The van der Waals surface area contributed by atoms with Crippen LogP contribution in [0.25, 0.3) is 0 Å². The number of fused-ring (bicyclic) bond motifs is 1. The molecular weight excluding hydrogens is 356 g/mol. The molecule has 7 nitrogen and oxygen atoms in total. The molecule has 1 aromatic carbocycles. The van der Waals surface area contributed by atoms with Gasteiger partial charge in [0.05, 0.1) is 19.1 Å². The first kappa shape index (κ1) is 20.2. The Morgan fingerprint density at radius 1 is 1.35 bits per heavy atom. The van der Waals surface area contributed by atoms with E-state index in [2.05, 4.69) is 5.32 Å². The number of sulfonamides is 1. The summed E-state index contributed by atoms with van der Waals surface area (Å²) in [6.45, 7) is 4.25. The molecule has 1 amide bonds. The molecule has 1 heterocycles. The molecule has 0 saturated heterocycles. The molecule has 144 valence electrons. The van der Waals surface area contributed by atoms with Crippen LogP contribution < -0.4 is 9.62 Å². The Bertz CT molecular complexity index is 791. The van der Waals surface area contributed by atoms with Gasteiger partial charge in [0.25, 0.3) is 5.91 Å². The summed E-state index contributed by atoms with van der Waals surface area (Å²) in [6.07, 6.45) is 3.29. The van der Waals surface area contributed by atoms with Crippen molar-refractivity contribution in [3.05, 3.63) is 29.3 Å². The van der Waals surface area contributed by atoms with Gasteiger partial charge in [0, 0.05) is 12.1 Å². The number of ether oxygens (including phenoxy) is 1. The number of esters is 1. The Hall–Kier alpha value is -2.09. The molecule has 26 heavy (non-hydrogen) atoms. The number of carbonyl (C=O) groups is 2. The summed E-state index contributed by atoms with van der Waals surface area (Å²) in [5.41, 5.74) is 1.82. The summed E-state index contributed by atoms with van der Waals surface area (Å²) in [5, 5.41) is 2.74. The summed E-state index contributed by atoms with van der Waals surface area (Å²) >= 11 is 0. The minimum Gasteiger partial charge on any atom is -0.467 e. The van der Waals surface area contributed by atoms with Gasteiger partial charge in [-0.25, -0.2) is 13.2 Å². The van der Waals surface area contributed by atoms with Crippen molar-refractivity contribution >= 4 is 27.6 Å². The van der Waals surface area contributed by atoms with Gasteiger partial charge < -0.3 is 10.1 Å². The fraction of sp³-hybridized carbons (Fsp3) is 0.556. The molecule has 0 aromatic heterocycles. The van der Waals surface area contributed by atoms with Crippen molar-refractivity contribution in [2.45, 2.75) is 39.2 Å². The maximum atomic E-state index is 12.6. The van der Waals surface area contributed by atoms with E-state index in [0.717, 1.165) is 5.56 Å². The van der Waals surface area contributed by atoms with Crippen LogP contribution >= 0.6 is 0 Å². The molecule has 0 aliphatic carbocycles. The fourth-order valence-corrected chi connectivity index (χ4v) is 4.07. The second-order valence-electron chi connectivity index (χ2n) is 6.64. The molecule has 2 atom stereocenters. The fourth-order valence-electron chi connectivity index (χ4n) is 3.07. The van der Waals surface area contributed by atoms with Crippen LogP contribution in [0.4, 0.5) is 5.69 Å². The lowest BCUT2D eigenvalue weighted by atomic mass is 9.97. The van der Waals surface area contributed by atoms with E-state index in [0.29, 0.717) is 37.1 Å². The topological polar surface area (TPSA) is 92.8 Å². The molecule has 1 aromatic rings. The zero-order chi connectivity index (χ0) is 19.5. The van der Waals surface area contributed by atoms with Crippen molar-refractivity contribution in [1.82, 2.24) is 5.32 Å². The highest BCUT2D eigenvalue weighted by molar-refractivity contribution is 7.92. The van der Waals surface area contributed by atoms with Crippen LogP contribution in [0.5, 0.6) is 0 Å². The predicted octanol–water partition coefficient (Wildman–Crippen LogP) is 1.72. The predicted molar refractivity (Wildman–Crippen MR) is 99.7 cm³/mol. The Labute approximate surface area is 154 Å². The third-order valence-corrected chi connectivity index (χ3v) is 5.95. The maximum absolute atomic E-state index is 12.6. The Kier molecular flexibility index (Phi) is 6.28. The SMILES string of the molecule is CCC(C)C(NC(=O)c1ccc2c(c1)CCCN2S(C)(=O)=O)C(=O)OC. The summed E-state index contributed by atoms with van der Waals surface area (Å²) in [4.78, 5) is 24.6. The van der Waals surface area contributed by atoms with Crippen molar-refractivity contribution in [2.24, 2.45) is 5.92 Å². The van der Waals surface area contributed by atoms with Crippen LogP contribution in [-0.2, 0) is 26.0 Å². The Morgan fingerprint density at radius 2 is 2.04 bits per heavy atom. The second kappa shape index (κ2) is 8.07. The normalized spacial score (nSPS) is 16.4. The highest BCUT2D eigenvalue weighted by Gasteiger charge is 2.28. The standard InChI is InChI=1S/C18H26N2O5S/c1-5-12(2)16(18(22)25-3)19-17(21)14-8-9-15-13(11-14)7-6-10-20(15)26(4,23)24/h8-9,11-12,16H,5-7,10H2,1-4H3,(H,19,21). The Morgan fingerprint density at radius 3 is 2.62 bits per heavy atom. The lowest BCUT2D eigenvalue weighted by Crippen LogP contribution is -2.45. The van der Waals surface area contributed by atoms with E-state index in [4.69, 9.17) is 4.74 Å². The number of aryl methyl sites for hydroxylation is 1. The average Bonchev–Trinajstić information content (AvgIpc) is 2.62. The van der Waals surface area contributed by atoms with Crippen LogP contribution in [0.1, 0.15) is 42.6 Å². The summed E-state index contributed by atoms with van der Waals surface area (Å²) in [6, 6.07) is 4.22. The van der Waals surface area contributed by atoms with E-state index in [1.54, 1.807) is 18.2 Å². The van der Waals surface area contributed by atoms with Crippen LogP contribution in [0.3, 0.4) is 0 Å². The molecule has 1 aliphatic heterocycles. The van der Waals surface area contributed by atoms with Crippen molar-refractivity contribution in [2.75, 3.05) is 24.2 Å². The first-order valence-electron chi connectivity index (χ1n) is 8.68. The van der Waals surface area contributed by atoms with Crippen molar-refractivity contribution in [3.8, 4) is 0 Å². The number of nitrogens with one attached hydrogen (secondary N) is 1. The van der Waals surface area contributed by atoms with E-state index in [1.807, 2.05) is 13.8 Å². The van der Waals surface area contributed by atoms with Gasteiger partial charge in [-0.15, -0.1) is 0 Å². The Balaban J connectivity index is 2.27. The van der Waals surface area contributed by atoms with Gasteiger partial charge in [-0.2, -0.15) is 0 Å². The molecule has 0 spiro atoms. The zero-order valence-corrected chi connectivity index (χ0v) is 16.4. The maximum Gasteiger partial charge on any atom is 0.328 e. The minimum atomic E-state index is -3.35. The lowest BCUT2D eigenvalue weighted by Gasteiger charge is -2.29. The molecule has 0 fully saturated rings. The summed E-state index contributed by atoms with van der Waals surface area (Å²) < 4.78 is 30.0. The van der Waals surface area contributed by atoms with E-state index >= 15 is 0 Å². The number of carbonyl (C=O) groups excluding carboxylic acids is 2. The number of benzene rings is 1. The quantitative estimate of drug-likeness (QED) is 0.756. The van der Waals surface area contributed by atoms with Crippen LogP contribution in [0.15, 0.2) is 18.2 Å². The minimum absolute atomic E-state index is 0.0650. The highest BCUT2D eigenvalue weighted by Crippen LogP contribution is 2.30. The molecule has 8 heteroatoms. The van der Waals surface area contributed by atoms with Gasteiger partial charge in [0.15, 0.2) is 0 Å². The third kappa shape index (κ3) is 4.35. The zero-order valence-electron chi connectivity index (χ0n) is 15.6. The number of hydrogen-bond acceptors (Lipinski definition) is 5. The largest absolute Gasteiger partial charge is 0.467 e. The molecular formula is C18H26N2O5S. The van der Waals surface area contributed by atoms with Crippen molar-refractivity contribution in [3.63, 3.8) is 0 Å². The number of hydrogen-bond donors (Lipinski definition) is 1. The van der Waals surface area contributed by atoms with Crippen LogP contribution in [-0.4, -0.2) is 46.2 Å². The number of amides is 1. The van der Waals surface area contributed by atoms with E-state index in [9.17, 15) is 18.0 Å². The molecule has 2 rings (SSSR count). The van der Waals surface area contributed by atoms with Gasteiger partial charge in [-0.1, -0.05) is 20.3 Å². The molecule has 2 unspecified atom stereocenters. The molecule has 1 aliphatic rings. The van der Waals surface area contributed by atoms with Crippen molar-refractivity contribution < 1.29 is 22.7 Å². The molecule has 0 saturated carbocycles. The van der Waals surface area contributed by atoms with E-state index in [1.165, 1.54) is 17.7 Å². The van der Waals surface area contributed by atoms with Crippen LogP contribution in [0.2, 0.25) is 0 Å². The number of rotatable bonds is 6. The number of anilines is 1. The lowest BCUT2D eigenvalue weighted by molar-refractivity contribution is -0.144. The number of nitrogens with zero attached hydrogens (tertiary/aromatic N) is 1. The second-order valence-corrected chi connectivity index (χ2v) is 8.55. The summed E-state index contributed by atoms with van der Waals surface area (Å²) in [5.74, 6) is -0.918. The average molecular weight is 382 g/mol. The van der Waals surface area contributed by atoms with Gasteiger partial charge in [0.2, 0.25) is 10.0 Å². The van der Waals surface area contributed by atoms with E-state index in [-0.39, 0.29) is 11.8 Å². The van der Waals surface area contributed by atoms with Gasteiger partial charge in [-0.05, 0) is 42.5 Å². The van der Waals surface area contributed by atoms with Crippen LogP contribution in [0, 0.1) is 5.92 Å². The molecule has 0 bridgehead atoms. The van der Waals surface area contributed by atoms with Gasteiger partial charge in [-0.3, -0.25) is 9.10 Å². The summed E-state index contributed by atoms with van der Waals surface area (Å²) in [7, 11) is -2.05. The van der Waals surface area contributed by atoms with Gasteiger partial charge >= 0.3 is 5.97 Å². The first-order chi connectivity index (χ1) is 12.2. The smallest absolute Gasteiger partial charge is 0.328 e. The first-order valence-corrected chi connectivity index (χ1v) is 10.5. The molecule has 1 N–H and O–H groups in total. The number of methoxy groups -OCH3 is 1. The van der Waals surface area contributed by atoms with E-state index < -0.39 is 22.0 Å². The van der Waals surface area contributed by atoms with Gasteiger partial charge in [0.1, 0.15) is 6.04 Å². The third-order valence-electron chi connectivity index (χ3n) is 4.77. The highest BCUT2D eigenvalue weighted by atomic mass is 32.2. The monoisotopic (exact) mass is 382 g/mol. The van der Waals surface area contributed by atoms with Crippen molar-refractivity contribution in [1.29, 1.82) is 0 Å².